The zero-order chi connectivity index (χ0) is 15.0. The van der Waals surface area contributed by atoms with Gasteiger partial charge in [0.25, 0.3) is 0 Å². The average molecular weight is 298 g/mol. The van der Waals surface area contributed by atoms with Gasteiger partial charge in [0.2, 0.25) is 0 Å². The number of hydrogen-bond acceptors (Lipinski definition) is 6. The van der Waals surface area contributed by atoms with Gasteiger partial charge < -0.3 is 24.4 Å². The number of hydrogen-bond donors (Lipinski definition) is 2. The van der Waals surface area contributed by atoms with Crippen LogP contribution in [0.2, 0.25) is 0 Å². The average Bonchev–Trinajstić information content (AvgIpc) is 2.73. The molecule has 0 amide bonds. The van der Waals surface area contributed by atoms with E-state index in [0.29, 0.717) is 32.1 Å². The number of carbonyl (C=O) groups is 1. The molecule has 6 nitrogen and oxygen atoms in total. The van der Waals surface area contributed by atoms with Crippen LogP contribution in [-0.2, 0) is 19.0 Å². The van der Waals surface area contributed by atoms with Crippen LogP contribution in [0.1, 0.15) is 39.0 Å². The van der Waals surface area contributed by atoms with Crippen LogP contribution in [0.5, 0.6) is 0 Å². The number of fused-ring (bicyclic) bond motifs is 1. The maximum absolute atomic E-state index is 11.3. The van der Waals surface area contributed by atoms with E-state index in [4.69, 9.17) is 14.2 Å². The van der Waals surface area contributed by atoms with Crippen LogP contribution in [0, 0.1) is 0 Å². The number of carbonyl (C=O) groups excluding carboxylic acids is 1. The van der Waals surface area contributed by atoms with E-state index in [0.717, 1.165) is 0 Å². The summed E-state index contributed by atoms with van der Waals surface area (Å²) in [5, 5.41) is 19.9. The number of esters is 1. The lowest BCUT2D eigenvalue weighted by molar-refractivity contribution is -0.285. The van der Waals surface area contributed by atoms with Crippen molar-refractivity contribution < 1.29 is 29.2 Å². The second-order valence-corrected chi connectivity index (χ2v) is 6.16. The van der Waals surface area contributed by atoms with Crippen molar-refractivity contribution >= 4 is 5.97 Å². The molecule has 0 bridgehead atoms. The van der Waals surface area contributed by atoms with Crippen LogP contribution in [-0.4, -0.2) is 52.5 Å². The Bertz CT molecular complexity index is 436. The van der Waals surface area contributed by atoms with E-state index >= 15 is 0 Å². The molecule has 1 spiro atoms. The molecule has 3 heterocycles. The first-order valence-corrected chi connectivity index (χ1v) is 7.60. The third-order valence-electron chi connectivity index (χ3n) is 4.39. The minimum absolute atomic E-state index is 0.247. The molecule has 6 atom stereocenters. The molecule has 6 unspecified atom stereocenters. The Morgan fingerprint density at radius 3 is 3.00 bits per heavy atom. The monoisotopic (exact) mass is 298 g/mol. The van der Waals surface area contributed by atoms with Crippen molar-refractivity contribution in [3.8, 4) is 0 Å². The van der Waals surface area contributed by atoms with Crippen molar-refractivity contribution in [3.05, 3.63) is 12.2 Å². The third kappa shape index (κ3) is 3.13. The Labute approximate surface area is 123 Å². The van der Waals surface area contributed by atoms with Gasteiger partial charge in [-0.2, -0.15) is 0 Å². The molecule has 2 saturated heterocycles. The minimum atomic E-state index is -0.917. The van der Waals surface area contributed by atoms with E-state index in [1.54, 1.807) is 6.08 Å². The highest BCUT2D eigenvalue weighted by atomic mass is 16.7. The van der Waals surface area contributed by atoms with Crippen molar-refractivity contribution in [1.29, 1.82) is 0 Å². The maximum atomic E-state index is 11.3. The summed E-state index contributed by atoms with van der Waals surface area (Å²) in [5.41, 5.74) is 0. The molecule has 3 aliphatic rings. The van der Waals surface area contributed by atoms with Crippen LogP contribution >= 0.6 is 0 Å². The van der Waals surface area contributed by atoms with Gasteiger partial charge in [0.05, 0.1) is 18.3 Å². The molecule has 3 aliphatic heterocycles. The van der Waals surface area contributed by atoms with E-state index < -0.39 is 18.0 Å². The number of rotatable bonds is 3. The molecule has 21 heavy (non-hydrogen) atoms. The largest absolute Gasteiger partial charge is 0.456 e. The van der Waals surface area contributed by atoms with Gasteiger partial charge in [-0.3, -0.25) is 0 Å². The summed E-state index contributed by atoms with van der Waals surface area (Å²) in [7, 11) is 0. The summed E-state index contributed by atoms with van der Waals surface area (Å²) in [6.07, 6.45) is 3.55. The zero-order valence-electron chi connectivity index (χ0n) is 12.1. The Morgan fingerprint density at radius 1 is 1.43 bits per heavy atom. The van der Waals surface area contributed by atoms with Gasteiger partial charge in [-0.05, 0) is 25.3 Å². The molecule has 0 radical (unpaired) electrons. The first kappa shape index (κ1) is 15.0. The fourth-order valence-corrected chi connectivity index (χ4v) is 3.40. The lowest BCUT2D eigenvalue weighted by atomic mass is 9.92. The van der Waals surface area contributed by atoms with Gasteiger partial charge in [0, 0.05) is 18.9 Å². The van der Waals surface area contributed by atoms with Crippen LogP contribution < -0.4 is 0 Å². The fraction of sp³-hybridized carbons (Fsp3) is 0.800. The first-order chi connectivity index (χ1) is 9.99. The molecule has 0 aromatic rings. The third-order valence-corrected chi connectivity index (χ3v) is 4.39. The number of aliphatic hydroxyl groups excluding tert-OH is 2. The summed E-state index contributed by atoms with van der Waals surface area (Å²) < 4.78 is 17.2. The molecular weight excluding hydrogens is 276 g/mol. The van der Waals surface area contributed by atoms with Gasteiger partial charge in [-0.15, -0.1) is 0 Å². The van der Waals surface area contributed by atoms with Gasteiger partial charge >= 0.3 is 5.97 Å². The van der Waals surface area contributed by atoms with E-state index in [2.05, 4.69) is 0 Å². The fourth-order valence-electron chi connectivity index (χ4n) is 3.40. The summed E-state index contributed by atoms with van der Waals surface area (Å²) in [5.74, 6) is -1.29. The maximum Gasteiger partial charge on any atom is 0.330 e. The van der Waals surface area contributed by atoms with Gasteiger partial charge in [-0.25, -0.2) is 4.79 Å². The Morgan fingerprint density at radius 2 is 2.24 bits per heavy atom. The van der Waals surface area contributed by atoms with E-state index in [1.165, 1.54) is 6.08 Å². The smallest absolute Gasteiger partial charge is 0.330 e. The normalized spacial score (nSPS) is 43.7. The van der Waals surface area contributed by atoms with Crippen molar-refractivity contribution in [2.45, 2.75) is 75.3 Å². The highest BCUT2D eigenvalue weighted by Gasteiger charge is 2.53. The van der Waals surface area contributed by atoms with Crippen molar-refractivity contribution in [2.24, 2.45) is 0 Å². The molecule has 0 aromatic carbocycles. The topological polar surface area (TPSA) is 85.2 Å². The summed E-state index contributed by atoms with van der Waals surface area (Å²) in [4.78, 5) is 11.3. The van der Waals surface area contributed by atoms with Gasteiger partial charge in [0.15, 0.2) is 5.79 Å². The van der Waals surface area contributed by atoms with Gasteiger partial charge in [0.1, 0.15) is 12.2 Å². The van der Waals surface area contributed by atoms with Crippen LogP contribution in [0.3, 0.4) is 0 Å². The Balaban J connectivity index is 1.70. The molecule has 118 valence electrons. The molecule has 0 aromatic heterocycles. The predicted octanol–water partition coefficient (Wildman–Crippen LogP) is 0.654. The van der Waals surface area contributed by atoms with E-state index in [-0.39, 0.29) is 24.3 Å². The predicted molar refractivity (Wildman–Crippen MR) is 72.3 cm³/mol. The lowest BCUT2D eigenvalue weighted by Crippen LogP contribution is -2.47. The van der Waals surface area contributed by atoms with Crippen LogP contribution in [0.25, 0.3) is 0 Å². The minimum Gasteiger partial charge on any atom is -0.456 e. The second-order valence-electron chi connectivity index (χ2n) is 6.16. The summed E-state index contributed by atoms with van der Waals surface area (Å²) in [6.45, 7) is 1.91. The van der Waals surface area contributed by atoms with Crippen LogP contribution in [0.4, 0.5) is 0 Å². The number of ether oxygens (including phenoxy) is 3. The Hall–Kier alpha value is -0.950. The molecule has 6 heteroatoms. The summed E-state index contributed by atoms with van der Waals surface area (Å²) in [6, 6.07) is 0. The number of aliphatic hydroxyl groups is 2. The van der Waals surface area contributed by atoms with Crippen molar-refractivity contribution in [1.82, 2.24) is 0 Å². The first-order valence-electron chi connectivity index (χ1n) is 7.60. The van der Waals surface area contributed by atoms with Gasteiger partial charge in [-0.1, -0.05) is 6.92 Å². The SMILES string of the molecule is CCC(O)CC1CC(O)CC2(CC3OC(=O)C=CC3O2)O1. The van der Waals surface area contributed by atoms with Crippen molar-refractivity contribution in [2.75, 3.05) is 0 Å². The lowest BCUT2D eigenvalue weighted by Gasteiger charge is -2.40. The molecule has 3 rings (SSSR count). The quantitative estimate of drug-likeness (QED) is 0.744. The standard InChI is InChI=1S/C15H22O6/c1-2-9(16)5-11-6-10(17)7-15(20-11)8-13-12(21-15)3-4-14(18)19-13/h3-4,9-13,16-17H,2,5-8H2,1H3. The second kappa shape index (κ2) is 5.68. The van der Waals surface area contributed by atoms with Crippen molar-refractivity contribution in [3.63, 3.8) is 0 Å². The molecular formula is C15H22O6. The Kier molecular flexibility index (Phi) is 4.05. The van der Waals surface area contributed by atoms with Crippen LogP contribution in [0.15, 0.2) is 12.2 Å². The highest BCUT2D eigenvalue weighted by Crippen LogP contribution is 2.43. The zero-order valence-corrected chi connectivity index (χ0v) is 12.1. The molecule has 2 fully saturated rings. The highest BCUT2D eigenvalue weighted by molar-refractivity contribution is 5.83. The van der Waals surface area contributed by atoms with E-state index in [1.807, 2.05) is 6.92 Å². The molecule has 0 aliphatic carbocycles. The molecule has 2 N–H and O–H groups in total. The molecule has 0 saturated carbocycles. The summed E-state index contributed by atoms with van der Waals surface area (Å²) >= 11 is 0. The van der Waals surface area contributed by atoms with E-state index in [9.17, 15) is 15.0 Å².